The van der Waals surface area contributed by atoms with Crippen molar-refractivity contribution in [1.82, 2.24) is 29.7 Å². The van der Waals surface area contributed by atoms with Gasteiger partial charge in [0.25, 0.3) is 5.91 Å². The van der Waals surface area contributed by atoms with Crippen molar-refractivity contribution >= 4 is 17.1 Å². The number of hydrogen-bond donors (Lipinski definition) is 3. The third-order valence-corrected chi connectivity index (χ3v) is 7.58. The van der Waals surface area contributed by atoms with Gasteiger partial charge in [0.15, 0.2) is 0 Å². The zero-order valence-electron chi connectivity index (χ0n) is 23.1. The summed E-state index contributed by atoms with van der Waals surface area (Å²) < 4.78 is 42.6. The molecule has 0 aromatic carbocycles. The number of nitriles is 1. The number of amides is 1. The van der Waals surface area contributed by atoms with Crippen molar-refractivity contribution in [3.63, 3.8) is 0 Å². The Labute approximate surface area is 240 Å². The van der Waals surface area contributed by atoms with Crippen LogP contribution in [0.2, 0.25) is 0 Å². The zero-order valence-corrected chi connectivity index (χ0v) is 23.1. The highest BCUT2D eigenvalue weighted by Crippen LogP contribution is 2.35. The topological polar surface area (TPSA) is 133 Å². The molecule has 1 amide bonds. The summed E-state index contributed by atoms with van der Waals surface area (Å²) in [7, 11) is 0. The van der Waals surface area contributed by atoms with Gasteiger partial charge in [-0.3, -0.25) is 9.78 Å². The Kier molecular flexibility index (Phi) is 8.17. The summed E-state index contributed by atoms with van der Waals surface area (Å²) in [5.41, 5.74) is 2.02. The summed E-state index contributed by atoms with van der Waals surface area (Å²) in [6.07, 6.45) is 5.35. The van der Waals surface area contributed by atoms with Crippen LogP contribution in [-0.2, 0) is 0 Å². The quantitative estimate of drug-likeness (QED) is 0.258. The maximum absolute atomic E-state index is 14.4. The Bertz CT molecular complexity index is 1610. The minimum absolute atomic E-state index is 0.0223. The van der Waals surface area contributed by atoms with Gasteiger partial charge in [-0.1, -0.05) is 0 Å². The molecule has 1 aliphatic carbocycles. The lowest BCUT2D eigenvalue weighted by Crippen LogP contribution is -2.42. The Morgan fingerprint density at radius 3 is 2.60 bits per heavy atom. The third kappa shape index (κ3) is 6.23. The molecule has 4 aromatic heterocycles. The smallest absolute Gasteiger partial charge is 0.333 e. The molecule has 0 spiro atoms. The number of rotatable bonds is 9. The van der Waals surface area contributed by atoms with Crippen LogP contribution in [0.25, 0.3) is 16.9 Å². The second kappa shape index (κ2) is 11.8. The maximum atomic E-state index is 14.4. The first kappa shape index (κ1) is 29.1. The van der Waals surface area contributed by atoms with E-state index in [0.29, 0.717) is 51.4 Å². The molecule has 1 saturated carbocycles. The number of nitrogens with one attached hydrogen (secondary N) is 2. The number of anilines is 1. The van der Waals surface area contributed by atoms with Gasteiger partial charge >= 0.3 is 6.55 Å². The molecule has 4 aromatic rings. The molecular formula is C29H31F3N8O2. The lowest BCUT2D eigenvalue weighted by molar-refractivity contribution is -0.00178. The highest BCUT2D eigenvalue weighted by atomic mass is 19.3. The fraction of sp³-hybridized carbons (Fsp3) is 0.414. The van der Waals surface area contributed by atoms with Crippen molar-refractivity contribution in [3.8, 4) is 17.5 Å². The minimum Gasteiger partial charge on any atom is -0.387 e. The fourth-order valence-electron chi connectivity index (χ4n) is 5.11. The summed E-state index contributed by atoms with van der Waals surface area (Å²) in [6, 6.07) is 10.7. The van der Waals surface area contributed by atoms with Crippen molar-refractivity contribution in [2.24, 2.45) is 0 Å². The van der Waals surface area contributed by atoms with Crippen LogP contribution in [0, 0.1) is 11.3 Å². The number of nitrogens with zero attached hydrogens (tertiary/aromatic N) is 6. The molecule has 220 valence electrons. The summed E-state index contributed by atoms with van der Waals surface area (Å²) >= 11 is 0. The molecule has 0 aliphatic heterocycles. The van der Waals surface area contributed by atoms with E-state index in [2.05, 4.69) is 31.9 Å². The highest BCUT2D eigenvalue weighted by molar-refractivity contribution is 6.00. The van der Waals surface area contributed by atoms with Crippen LogP contribution in [0.1, 0.15) is 73.6 Å². The van der Waals surface area contributed by atoms with Gasteiger partial charge in [0, 0.05) is 24.4 Å². The Hall–Kier alpha value is -4.44. The van der Waals surface area contributed by atoms with E-state index < -0.39 is 24.2 Å². The monoisotopic (exact) mass is 580 g/mol. The van der Waals surface area contributed by atoms with Crippen molar-refractivity contribution in [2.75, 3.05) is 11.9 Å². The van der Waals surface area contributed by atoms with E-state index in [1.807, 2.05) is 12.1 Å². The Morgan fingerprint density at radius 1 is 1.17 bits per heavy atom. The number of carbonyl (C=O) groups is 1. The SMILES string of the molecule is CC(C)(O)C(F)CNC(=O)c1cnc(-c2ccc3cc(C#N)cnn23)cc1NC1CCC(c2ccn(C(F)F)n2)CC1. The third-order valence-electron chi connectivity index (χ3n) is 7.58. The molecule has 3 N–H and O–H groups in total. The van der Waals surface area contributed by atoms with Crippen molar-refractivity contribution in [3.05, 3.63) is 65.7 Å². The van der Waals surface area contributed by atoms with Crippen LogP contribution < -0.4 is 10.6 Å². The van der Waals surface area contributed by atoms with Gasteiger partial charge in [-0.15, -0.1) is 0 Å². The first-order valence-electron chi connectivity index (χ1n) is 13.7. The number of halogens is 3. The largest absolute Gasteiger partial charge is 0.387 e. The van der Waals surface area contributed by atoms with Crippen LogP contribution in [0.3, 0.4) is 0 Å². The van der Waals surface area contributed by atoms with Gasteiger partial charge in [-0.25, -0.2) is 13.6 Å². The predicted octanol–water partition coefficient (Wildman–Crippen LogP) is 4.84. The Balaban J connectivity index is 1.38. The molecule has 13 heteroatoms. The van der Waals surface area contributed by atoms with Gasteiger partial charge in [0.2, 0.25) is 0 Å². The molecule has 5 rings (SSSR count). The average Bonchev–Trinajstić information content (AvgIpc) is 3.63. The van der Waals surface area contributed by atoms with E-state index >= 15 is 0 Å². The van der Waals surface area contributed by atoms with E-state index in [4.69, 9.17) is 0 Å². The second-order valence-electron chi connectivity index (χ2n) is 11.0. The van der Waals surface area contributed by atoms with Gasteiger partial charge < -0.3 is 15.7 Å². The van der Waals surface area contributed by atoms with E-state index in [-0.39, 0.29) is 24.1 Å². The molecule has 1 aliphatic rings. The molecule has 1 unspecified atom stereocenters. The highest BCUT2D eigenvalue weighted by Gasteiger charge is 2.29. The van der Waals surface area contributed by atoms with Crippen molar-refractivity contribution in [2.45, 2.75) is 69.8 Å². The molecule has 4 heterocycles. The van der Waals surface area contributed by atoms with E-state index in [9.17, 15) is 28.3 Å². The number of pyridine rings is 1. The summed E-state index contributed by atoms with van der Waals surface area (Å²) in [6.45, 7) is -0.401. The molecule has 42 heavy (non-hydrogen) atoms. The zero-order chi connectivity index (χ0) is 30.0. The Morgan fingerprint density at radius 2 is 1.93 bits per heavy atom. The molecule has 1 fully saturated rings. The van der Waals surface area contributed by atoms with Crippen molar-refractivity contribution < 1.29 is 23.1 Å². The van der Waals surface area contributed by atoms with Crippen LogP contribution in [0.5, 0.6) is 0 Å². The van der Waals surface area contributed by atoms with Crippen LogP contribution in [0.4, 0.5) is 18.9 Å². The van der Waals surface area contributed by atoms with E-state index in [1.54, 1.807) is 22.7 Å². The number of fused-ring (bicyclic) bond motifs is 1. The average molecular weight is 581 g/mol. The molecule has 0 saturated heterocycles. The molecule has 0 bridgehead atoms. The van der Waals surface area contributed by atoms with Gasteiger partial charge in [-0.2, -0.15) is 24.2 Å². The number of aromatic nitrogens is 5. The normalized spacial score (nSPS) is 18.1. The lowest BCUT2D eigenvalue weighted by atomic mass is 9.84. The first-order chi connectivity index (χ1) is 20.0. The van der Waals surface area contributed by atoms with Gasteiger partial charge in [0.05, 0.1) is 57.8 Å². The first-order valence-corrected chi connectivity index (χ1v) is 13.7. The summed E-state index contributed by atoms with van der Waals surface area (Å²) in [4.78, 5) is 17.6. The maximum Gasteiger partial charge on any atom is 0.333 e. The predicted molar refractivity (Wildman–Crippen MR) is 149 cm³/mol. The summed E-state index contributed by atoms with van der Waals surface area (Å²) in [5.74, 6) is -0.495. The van der Waals surface area contributed by atoms with Crippen molar-refractivity contribution in [1.29, 1.82) is 5.26 Å². The number of hydrogen-bond acceptors (Lipinski definition) is 7. The van der Waals surface area contributed by atoms with Gasteiger partial charge in [-0.05, 0) is 69.9 Å². The number of aliphatic hydroxyl groups is 1. The number of carbonyl (C=O) groups excluding carboxylic acids is 1. The molecule has 1 atom stereocenters. The fourth-order valence-corrected chi connectivity index (χ4v) is 5.11. The van der Waals surface area contributed by atoms with Crippen LogP contribution in [-0.4, -0.2) is 59.8 Å². The molecular weight excluding hydrogens is 549 g/mol. The van der Waals surface area contributed by atoms with E-state index in [1.165, 1.54) is 32.4 Å². The standard InChI is InChI=1S/C29H31F3N8O2/c1-29(2,42)26(30)16-35-27(41)21-15-34-24(25-8-7-20-11-17(13-33)14-36-40(20)25)12-23(21)37-19-5-3-18(4-6-19)22-9-10-39(38-22)28(31)32/h7-12,14-15,18-19,26,28,42H,3-6,16H2,1-2H3,(H,34,37)(H,35,41). The number of alkyl halides is 3. The summed E-state index contributed by atoms with van der Waals surface area (Å²) in [5, 5.41) is 33.5. The second-order valence-corrected chi connectivity index (χ2v) is 11.0. The lowest BCUT2D eigenvalue weighted by Gasteiger charge is -2.29. The molecule has 10 nitrogen and oxygen atoms in total. The van der Waals surface area contributed by atoms with E-state index in [0.717, 1.165) is 12.8 Å². The van der Waals surface area contributed by atoms with Crippen LogP contribution >= 0.6 is 0 Å². The minimum atomic E-state index is -2.68. The van der Waals surface area contributed by atoms with Crippen LogP contribution in [0.15, 0.2) is 48.9 Å². The van der Waals surface area contributed by atoms with Gasteiger partial charge in [0.1, 0.15) is 12.2 Å². The molecule has 0 radical (unpaired) electrons.